The van der Waals surface area contributed by atoms with Crippen LogP contribution in [0.4, 0.5) is 0 Å². The fourth-order valence-corrected chi connectivity index (χ4v) is 2.15. The lowest BCUT2D eigenvalue weighted by Crippen LogP contribution is -2.13. The van der Waals surface area contributed by atoms with E-state index in [4.69, 9.17) is 0 Å². The molecule has 0 aliphatic rings. The molecule has 0 amide bonds. The first-order valence-corrected chi connectivity index (χ1v) is 6.00. The van der Waals surface area contributed by atoms with Crippen LogP contribution in [0.25, 0.3) is 16.7 Å². The normalized spacial score (nSPS) is 10.7. The average Bonchev–Trinajstić information content (AvgIpc) is 2.90. The molecule has 1 aromatic heterocycles. The summed E-state index contributed by atoms with van der Waals surface area (Å²) in [6.45, 7) is 0. The quantitative estimate of drug-likeness (QED) is 0.759. The van der Waals surface area contributed by atoms with Crippen LogP contribution in [0.3, 0.4) is 0 Å². The van der Waals surface area contributed by atoms with Gasteiger partial charge >= 0.3 is 11.9 Å². The maximum absolute atomic E-state index is 11.4. The van der Waals surface area contributed by atoms with E-state index in [2.05, 4.69) is 10.3 Å². The summed E-state index contributed by atoms with van der Waals surface area (Å²) in [5, 5.41) is 26.4. The standard InChI is InChI=1S/C14H9N3O4/c18-13(19)8-4-3-5-9(14(20)21)12(8)17-11-7-2-1-6-10(11)15-16-17/h1-7H,(H,18,19)(H,20,21). The molecule has 2 aromatic carbocycles. The van der Waals surface area contributed by atoms with Crippen molar-refractivity contribution in [3.8, 4) is 5.69 Å². The zero-order chi connectivity index (χ0) is 15.0. The van der Waals surface area contributed by atoms with Crippen LogP contribution in [0.5, 0.6) is 0 Å². The highest BCUT2D eigenvalue weighted by atomic mass is 16.4. The number of benzene rings is 2. The van der Waals surface area contributed by atoms with Crippen LogP contribution >= 0.6 is 0 Å². The molecule has 0 saturated carbocycles. The first-order chi connectivity index (χ1) is 10.1. The van der Waals surface area contributed by atoms with Crippen LogP contribution in [0.15, 0.2) is 42.5 Å². The summed E-state index contributed by atoms with van der Waals surface area (Å²) >= 11 is 0. The lowest BCUT2D eigenvalue weighted by atomic mass is 10.1. The van der Waals surface area contributed by atoms with Crippen molar-refractivity contribution in [1.82, 2.24) is 15.0 Å². The van der Waals surface area contributed by atoms with Crippen LogP contribution in [-0.2, 0) is 0 Å². The highest BCUT2D eigenvalue weighted by Crippen LogP contribution is 2.23. The molecule has 3 aromatic rings. The number of aromatic nitrogens is 3. The fraction of sp³-hybridized carbons (Fsp3) is 0. The highest BCUT2D eigenvalue weighted by molar-refractivity contribution is 6.01. The minimum Gasteiger partial charge on any atom is -0.478 e. The van der Waals surface area contributed by atoms with Crippen molar-refractivity contribution >= 4 is 23.0 Å². The van der Waals surface area contributed by atoms with Crippen molar-refractivity contribution in [1.29, 1.82) is 0 Å². The van der Waals surface area contributed by atoms with Crippen LogP contribution in [0.1, 0.15) is 20.7 Å². The van der Waals surface area contributed by atoms with Gasteiger partial charge in [-0.25, -0.2) is 14.3 Å². The molecule has 7 nitrogen and oxygen atoms in total. The molecule has 0 aliphatic heterocycles. The van der Waals surface area contributed by atoms with Gasteiger partial charge in [-0.1, -0.05) is 23.4 Å². The van der Waals surface area contributed by atoms with Gasteiger partial charge < -0.3 is 10.2 Å². The molecule has 0 saturated heterocycles. The lowest BCUT2D eigenvalue weighted by Gasteiger charge is -2.10. The third kappa shape index (κ3) is 2.00. The van der Waals surface area contributed by atoms with Gasteiger partial charge in [0.25, 0.3) is 0 Å². The molecule has 0 radical (unpaired) electrons. The SMILES string of the molecule is O=C(O)c1cccc(C(=O)O)c1-n1nnc2ccccc21. The second-order valence-corrected chi connectivity index (χ2v) is 4.30. The van der Waals surface area contributed by atoms with Crippen molar-refractivity contribution in [2.45, 2.75) is 0 Å². The van der Waals surface area contributed by atoms with E-state index >= 15 is 0 Å². The molecule has 7 heteroatoms. The summed E-state index contributed by atoms with van der Waals surface area (Å²) in [5.41, 5.74) is 0.782. The minimum atomic E-state index is -1.23. The first-order valence-electron chi connectivity index (χ1n) is 6.00. The van der Waals surface area contributed by atoms with Crippen LogP contribution in [0, 0.1) is 0 Å². The molecular formula is C14H9N3O4. The predicted octanol–water partition coefficient (Wildman–Crippen LogP) is 1.82. The van der Waals surface area contributed by atoms with E-state index < -0.39 is 11.9 Å². The largest absolute Gasteiger partial charge is 0.478 e. The van der Waals surface area contributed by atoms with Crippen LogP contribution < -0.4 is 0 Å². The van der Waals surface area contributed by atoms with Gasteiger partial charge in [-0.2, -0.15) is 0 Å². The topological polar surface area (TPSA) is 105 Å². The number of hydrogen-bond acceptors (Lipinski definition) is 4. The second kappa shape index (κ2) is 4.71. The Labute approximate surface area is 118 Å². The van der Waals surface area contributed by atoms with Crippen LogP contribution in [-0.4, -0.2) is 37.1 Å². The molecule has 0 atom stereocenters. The maximum Gasteiger partial charge on any atom is 0.337 e. The van der Waals surface area contributed by atoms with E-state index in [9.17, 15) is 19.8 Å². The van der Waals surface area contributed by atoms with E-state index in [-0.39, 0.29) is 16.8 Å². The Bertz CT molecular complexity index is 837. The van der Waals surface area contributed by atoms with Gasteiger partial charge in [-0.3, -0.25) is 0 Å². The number of rotatable bonds is 3. The Morgan fingerprint density at radius 3 is 2.14 bits per heavy atom. The Kier molecular flexibility index (Phi) is 2.87. The van der Waals surface area contributed by atoms with Gasteiger partial charge in [0.05, 0.1) is 22.3 Å². The van der Waals surface area contributed by atoms with Gasteiger partial charge in [0.1, 0.15) is 5.52 Å². The number of fused-ring (bicyclic) bond motifs is 1. The van der Waals surface area contributed by atoms with E-state index in [0.29, 0.717) is 11.0 Å². The number of carboxylic acid groups (broad SMARTS) is 2. The Hall–Kier alpha value is -3.22. The fourth-order valence-electron chi connectivity index (χ4n) is 2.15. The lowest BCUT2D eigenvalue weighted by molar-refractivity contribution is 0.0696. The third-order valence-corrected chi connectivity index (χ3v) is 3.06. The number of nitrogens with zero attached hydrogens (tertiary/aromatic N) is 3. The molecule has 3 rings (SSSR count). The summed E-state index contributed by atoms with van der Waals surface area (Å²) in [5.74, 6) is -2.46. The minimum absolute atomic E-state index is 0.00815. The molecule has 2 N–H and O–H groups in total. The first kappa shape index (κ1) is 12.8. The number of aromatic carboxylic acids is 2. The second-order valence-electron chi connectivity index (χ2n) is 4.30. The van der Waals surface area contributed by atoms with E-state index in [1.54, 1.807) is 24.3 Å². The van der Waals surface area contributed by atoms with E-state index in [0.717, 1.165) is 0 Å². The number of carboxylic acids is 2. The maximum atomic E-state index is 11.4. The van der Waals surface area contributed by atoms with Gasteiger partial charge in [-0.15, -0.1) is 5.10 Å². The summed E-state index contributed by atoms with van der Waals surface area (Å²) in [4.78, 5) is 22.7. The molecule has 0 bridgehead atoms. The van der Waals surface area contributed by atoms with Crippen molar-refractivity contribution in [2.24, 2.45) is 0 Å². The summed E-state index contributed by atoms with van der Waals surface area (Å²) in [7, 11) is 0. The van der Waals surface area contributed by atoms with Crippen molar-refractivity contribution in [3.05, 3.63) is 53.6 Å². The van der Waals surface area contributed by atoms with E-state index in [1.165, 1.54) is 22.9 Å². The van der Waals surface area contributed by atoms with Crippen molar-refractivity contribution in [2.75, 3.05) is 0 Å². The predicted molar refractivity (Wildman–Crippen MR) is 72.8 cm³/mol. The smallest absolute Gasteiger partial charge is 0.337 e. The zero-order valence-electron chi connectivity index (χ0n) is 10.6. The van der Waals surface area contributed by atoms with Crippen LogP contribution in [0.2, 0.25) is 0 Å². The number of para-hydroxylation sites is 2. The van der Waals surface area contributed by atoms with Crippen molar-refractivity contribution in [3.63, 3.8) is 0 Å². The van der Waals surface area contributed by atoms with Gasteiger partial charge in [0.2, 0.25) is 0 Å². The number of hydrogen-bond donors (Lipinski definition) is 2. The molecule has 0 aliphatic carbocycles. The average molecular weight is 283 g/mol. The highest BCUT2D eigenvalue weighted by Gasteiger charge is 2.22. The molecule has 0 unspecified atom stereocenters. The molecule has 0 spiro atoms. The van der Waals surface area contributed by atoms with Gasteiger partial charge in [0.15, 0.2) is 0 Å². The van der Waals surface area contributed by atoms with E-state index in [1.807, 2.05) is 0 Å². The summed E-state index contributed by atoms with van der Waals surface area (Å²) in [6, 6.07) is 11.0. The molecule has 21 heavy (non-hydrogen) atoms. The zero-order valence-corrected chi connectivity index (χ0v) is 10.6. The molecule has 0 fully saturated rings. The monoisotopic (exact) mass is 283 g/mol. The Morgan fingerprint density at radius 1 is 0.905 bits per heavy atom. The molecule has 1 heterocycles. The number of carbonyl (C=O) groups is 2. The van der Waals surface area contributed by atoms with Crippen molar-refractivity contribution < 1.29 is 19.8 Å². The molecule has 104 valence electrons. The summed E-state index contributed by atoms with van der Waals surface area (Å²) in [6.07, 6.45) is 0. The molecular weight excluding hydrogens is 274 g/mol. The third-order valence-electron chi connectivity index (χ3n) is 3.06. The van der Waals surface area contributed by atoms with Gasteiger partial charge in [0, 0.05) is 0 Å². The van der Waals surface area contributed by atoms with Gasteiger partial charge in [-0.05, 0) is 24.3 Å². The Balaban J connectivity index is 2.40. The summed E-state index contributed by atoms with van der Waals surface area (Å²) < 4.78 is 1.24. The Morgan fingerprint density at radius 2 is 1.52 bits per heavy atom.